The Hall–Kier alpha value is -1.87. The first-order valence-corrected chi connectivity index (χ1v) is 11.6. The molecule has 2 heterocycles. The fourth-order valence-corrected chi connectivity index (χ4v) is 5.10. The summed E-state index contributed by atoms with van der Waals surface area (Å²) in [7, 11) is -1.77. The van der Waals surface area contributed by atoms with E-state index in [-0.39, 0.29) is 22.3 Å². The van der Waals surface area contributed by atoms with Gasteiger partial charge in [-0.2, -0.15) is 0 Å². The van der Waals surface area contributed by atoms with Gasteiger partial charge in [0.2, 0.25) is 5.91 Å². The van der Waals surface area contributed by atoms with Crippen LogP contribution in [-0.4, -0.2) is 52.8 Å². The van der Waals surface area contributed by atoms with Gasteiger partial charge in [0, 0.05) is 20.1 Å². The zero-order valence-electron chi connectivity index (χ0n) is 15.6. The number of thioether (sulfide) groups is 1. The van der Waals surface area contributed by atoms with Gasteiger partial charge in [-0.15, -0.1) is 10.2 Å². The molecule has 0 saturated carbocycles. The number of piperidine rings is 1. The zero-order chi connectivity index (χ0) is 19.4. The van der Waals surface area contributed by atoms with Gasteiger partial charge in [-0.25, -0.2) is 8.42 Å². The van der Waals surface area contributed by atoms with Gasteiger partial charge in [0.05, 0.1) is 10.6 Å². The van der Waals surface area contributed by atoms with Crippen LogP contribution in [0, 0.1) is 6.92 Å². The number of sulfone groups is 1. The van der Waals surface area contributed by atoms with Gasteiger partial charge in [-0.1, -0.05) is 29.5 Å². The summed E-state index contributed by atoms with van der Waals surface area (Å²) < 4.78 is 26.8. The van der Waals surface area contributed by atoms with Gasteiger partial charge in [0.25, 0.3) is 0 Å². The van der Waals surface area contributed by atoms with Gasteiger partial charge in [-0.3, -0.25) is 4.79 Å². The van der Waals surface area contributed by atoms with Crippen LogP contribution in [0.5, 0.6) is 0 Å². The smallest absolute Gasteiger partial charge is 0.233 e. The van der Waals surface area contributed by atoms with Gasteiger partial charge >= 0.3 is 0 Å². The first-order chi connectivity index (χ1) is 12.9. The molecule has 0 N–H and O–H groups in total. The molecule has 0 radical (unpaired) electrons. The minimum absolute atomic E-state index is 0.0940. The summed E-state index contributed by atoms with van der Waals surface area (Å²) in [5.74, 6) is 0.525. The molecule has 1 aromatic carbocycles. The predicted octanol–water partition coefficient (Wildman–Crippen LogP) is 2.20. The van der Waals surface area contributed by atoms with E-state index >= 15 is 0 Å². The van der Waals surface area contributed by atoms with Crippen molar-refractivity contribution in [1.82, 2.24) is 19.7 Å². The average molecular weight is 409 g/mol. The number of carbonyl (C=O) groups is 1. The first kappa shape index (κ1) is 19.9. The van der Waals surface area contributed by atoms with Crippen LogP contribution in [0.25, 0.3) is 0 Å². The maximum absolute atomic E-state index is 12.6. The quantitative estimate of drug-likeness (QED) is 0.681. The van der Waals surface area contributed by atoms with Crippen LogP contribution in [-0.2, 0) is 27.4 Å². The zero-order valence-corrected chi connectivity index (χ0v) is 17.2. The van der Waals surface area contributed by atoms with Crippen molar-refractivity contribution < 1.29 is 13.2 Å². The fourth-order valence-electron chi connectivity index (χ4n) is 2.96. The van der Waals surface area contributed by atoms with E-state index in [1.54, 1.807) is 35.9 Å². The topological polar surface area (TPSA) is 85.2 Å². The molecule has 3 rings (SSSR count). The SMILES string of the molecule is Cc1ccc(S(=O)(=O)Cc2nnc(SCC(=O)N3CCCCC3)n2C)cc1. The molecule has 0 unspecified atom stereocenters. The molecule has 1 amide bonds. The lowest BCUT2D eigenvalue weighted by molar-refractivity contribution is -0.129. The van der Waals surface area contributed by atoms with Crippen LogP contribution in [0.3, 0.4) is 0 Å². The summed E-state index contributed by atoms with van der Waals surface area (Å²) in [4.78, 5) is 14.4. The summed E-state index contributed by atoms with van der Waals surface area (Å²) in [6.45, 7) is 3.55. The molecule has 1 fully saturated rings. The van der Waals surface area contributed by atoms with Crippen LogP contribution in [0.4, 0.5) is 0 Å². The monoisotopic (exact) mass is 408 g/mol. The third-order valence-electron chi connectivity index (χ3n) is 4.66. The standard InChI is InChI=1S/C18H24N4O3S2/c1-14-6-8-15(9-7-14)27(24,25)13-16-19-20-18(21(16)2)26-12-17(23)22-10-4-3-5-11-22/h6-9H,3-5,10-13H2,1-2H3. The molecule has 0 aliphatic carbocycles. The highest BCUT2D eigenvalue weighted by Crippen LogP contribution is 2.21. The van der Waals surface area contributed by atoms with Gasteiger partial charge in [-0.05, 0) is 38.3 Å². The Kier molecular flexibility index (Phi) is 6.21. The summed E-state index contributed by atoms with van der Waals surface area (Å²) in [6, 6.07) is 6.76. The van der Waals surface area contributed by atoms with E-state index in [4.69, 9.17) is 0 Å². The van der Waals surface area contributed by atoms with Crippen molar-refractivity contribution in [3.8, 4) is 0 Å². The molecule has 9 heteroatoms. The Labute approximate surface area is 164 Å². The number of benzene rings is 1. The molecule has 146 valence electrons. The third-order valence-corrected chi connectivity index (χ3v) is 7.29. The van der Waals surface area contributed by atoms with Crippen LogP contribution in [0.15, 0.2) is 34.3 Å². The largest absolute Gasteiger partial charge is 0.342 e. The molecule has 1 aliphatic rings. The van der Waals surface area contributed by atoms with Crippen molar-refractivity contribution in [3.05, 3.63) is 35.7 Å². The molecule has 1 aromatic heterocycles. The number of carbonyl (C=O) groups excluding carboxylic acids is 1. The third kappa shape index (κ3) is 4.90. The van der Waals surface area contributed by atoms with E-state index in [0.29, 0.717) is 11.0 Å². The second kappa shape index (κ2) is 8.43. The molecule has 0 spiro atoms. The van der Waals surface area contributed by atoms with Gasteiger partial charge in [0.15, 0.2) is 15.0 Å². The molecule has 1 aliphatic heterocycles. The van der Waals surface area contributed by atoms with Crippen molar-refractivity contribution in [2.45, 2.75) is 42.0 Å². The molecule has 27 heavy (non-hydrogen) atoms. The van der Waals surface area contributed by atoms with Crippen molar-refractivity contribution in [2.24, 2.45) is 7.05 Å². The van der Waals surface area contributed by atoms with Crippen molar-refractivity contribution in [1.29, 1.82) is 0 Å². The molecule has 0 bridgehead atoms. The highest BCUT2D eigenvalue weighted by Gasteiger charge is 2.22. The summed E-state index contributed by atoms with van der Waals surface area (Å²) in [5, 5.41) is 8.64. The molecule has 2 aromatic rings. The summed E-state index contributed by atoms with van der Waals surface area (Å²) >= 11 is 1.30. The number of aromatic nitrogens is 3. The van der Waals surface area contributed by atoms with Crippen LogP contribution >= 0.6 is 11.8 Å². The molecule has 7 nitrogen and oxygen atoms in total. The van der Waals surface area contributed by atoms with Crippen molar-refractivity contribution in [3.63, 3.8) is 0 Å². The summed E-state index contributed by atoms with van der Waals surface area (Å²) in [6.07, 6.45) is 3.29. The fraction of sp³-hybridized carbons (Fsp3) is 0.500. The van der Waals surface area contributed by atoms with Crippen LogP contribution < -0.4 is 0 Å². The van der Waals surface area contributed by atoms with Crippen molar-refractivity contribution >= 4 is 27.5 Å². The van der Waals surface area contributed by atoms with E-state index in [9.17, 15) is 13.2 Å². The molecular weight excluding hydrogens is 384 g/mol. The van der Waals surface area contributed by atoms with E-state index in [0.717, 1.165) is 31.5 Å². The van der Waals surface area contributed by atoms with Crippen molar-refractivity contribution in [2.75, 3.05) is 18.8 Å². The number of hydrogen-bond donors (Lipinski definition) is 0. The van der Waals surface area contributed by atoms with Gasteiger partial charge < -0.3 is 9.47 Å². The Balaban J connectivity index is 1.64. The number of likely N-dealkylation sites (tertiary alicyclic amines) is 1. The number of aryl methyl sites for hydroxylation is 1. The predicted molar refractivity (Wildman–Crippen MR) is 104 cm³/mol. The average Bonchev–Trinajstić information content (AvgIpc) is 3.00. The number of nitrogens with zero attached hydrogens (tertiary/aromatic N) is 4. The highest BCUT2D eigenvalue weighted by atomic mass is 32.2. The number of amides is 1. The lowest BCUT2D eigenvalue weighted by Crippen LogP contribution is -2.36. The maximum atomic E-state index is 12.6. The lowest BCUT2D eigenvalue weighted by Gasteiger charge is -2.26. The number of hydrogen-bond acceptors (Lipinski definition) is 6. The second-order valence-electron chi connectivity index (χ2n) is 6.76. The Morgan fingerprint density at radius 1 is 1.11 bits per heavy atom. The van der Waals surface area contributed by atoms with E-state index in [1.807, 2.05) is 11.8 Å². The Morgan fingerprint density at radius 3 is 2.44 bits per heavy atom. The van der Waals surface area contributed by atoms with Crippen LogP contribution in [0.2, 0.25) is 0 Å². The lowest BCUT2D eigenvalue weighted by atomic mass is 10.1. The van der Waals surface area contributed by atoms with Crippen LogP contribution in [0.1, 0.15) is 30.7 Å². The minimum atomic E-state index is -3.50. The Morgan fingerprint density at radius 2 is 1.78 bits per heavy atom. The van der Waals surface area contributed by atoms with E-state index in [2.05, 4.69) is 10.2 Å². The minimum Gasteiger partial charge on any atom is -0.342 e. The molecule has 0 atom stereocenters. The normalized spacial score (nSPS) is 15.1. The van der Waals surface area contributed by atoms with E-state index in [1.165, 1.54) is 18.2 Å². The number of rotatable bonds is 6. The Bertz CT molecular complexity index is 901. The first-order valence-electron chi connectivity index (χ1n) is 8.95. The van der Waals surface area contributed by atoms with Gasteiger partial charge in [0.1, 0.15) is 11.6 Å². The summed E-state index contributed by atoms with van der Waals surface area (Å²) in [5.41, 5.74) is 1.00. The van der Waals surface area contributed by atoms with E-state index < -0.39 is 9.84 Å². The molecule has 1 saturated heterocycles. The highest BCUT2D eigenvalue weighted by molar-refractivity contribution is 7.99. The maximum Gasteiger partial charge on any atom is 0.233 e. The molecular formula is C18H24N4O3S2. The second-order valence-corrected chi connectivity index (χ2v) is 9.69.